The van der Waals surface area contributed by atoms with Crippen molar-refractivity contribution in [3.05, 3.63) is 206 Å². The fourth-order valence-corrected chi connectivity index (χ4v) is 9.05. The molecule has 0 aliphatic rings. The van der Waals surface area contributed by atoms with Gasteiger partial charge in [0.1, 0.15) is 5.58 Å². The van der Waals surface area contributed by atoms with E-state index in [0.29, 0.717) is 0 Å². The van der Waals surface area contributed by atoms with Gasteiger partial charge in [-0.2, -0.15) is 0 Å². The number of nitrogens with zero attached hydrogens (tertiary/aromatic N) is 2. The molecular weight excluding hydrogens is 693 g/mol. The molecule has 57 heavy (non-hydrogen) atoms. The molecule has 0 radical (unpaired) electrons. The number of benzene rings is 9. The number of hydrogen-bond acceptors (Lipinski definition) is 1. The van der Waals surface area contributed by atoms with E-state index in [4.69, 9.17) is 4.42 Å². The Bertz CT molecular complexity index is 3490. The van der Waals surface area contributed by atoms with Gasteiger partial charge < -0.3 is 13.6 Å². The van der Waals surface area contributed by atoms with Crippen LogP contribution in [0.3, 0.4) is 0 Å². The highest BCUT2D eigenvalue weighted by atomic mass is 16.3. The molecule has 9 aromatic carbocycles. The molecular formula is C54H34N2O. The first-order chi connectivity index (χ1) is 28.3. The third-order valence-corrected chi connectivity index (χ3v) is 11.7. The van der Waals surface area contributed by atoms with Crippen molar-refractivity contribution in [3.8, 4) is 44.8 Å². The van der Waals surface area contributed by atoms with E-state index < -0.39 is 0 Å². The molecule has 0 aliphatic heterocycles. The Hall–Kier alpha value is -7.62. The summed E-state index contributed by atoms with van der Waals surface area (Å²) in [4.78, 5) is 0. The Balaban J connectivity index is 1.05. The monoisotopic (exact) mass is 726 g/mol. The average Bonchev–Trinajstić information content (AvgIpc) is 3.94. The zero-order valence-electron chi connectivity index (χ0n) is 30.9. The molecule has 0 N–H and O–H groups in total. The fourth-order valence-electron chi connectivity index (χ4n) is 9.05. The van der Waals surface area contributed by atoms with Gasteiger partial charge in [0, 0.05) is 43.7 Å². The molecule has 266 valence electrons. The summed E-state index contributed by atoms with van der Waals surface area (Å²) in [7, 11) is 0. The third-order valence-electron chi connectivity index (χ3n) is 11.7. The highest BCUT2D eigenvalue weighted by Gasteiger charge is 2.21. The quantitative estimate of drug-likeness (QED) is 0.173. The van der Waals surface area contributed by atoms with Gasteiger partial charge in [0.2, 0.25) is 0 Å². The topological polar surface area (TPSA) is 23.0 Å². The normalized spacial score (nSPS) is 11.9. The number of para-hydroxylation sites is 2. The van der Waals surface area contributed by atoms with Crippen molar-refractivity contribution >= 4 is 65.6 Å². The van der Waals surface area contributed by atoms with Crippen LogP contribution >= 0.6 is 0 Å². The standard InChI is InChI=1S/C54H34N2O/c1-3-12-35(13-4-1)37-22-26-41(27-23-37)55-49-20-9-7-18-43(49)47-33-39(24-30-50(47)55)40-25-31-51-48(34-40)45-28-29-46-44-19-8-10-21-52(44)57-54(46)53(45)56(51)42-17-11-16-38(32-42)36-14-5-2-6-15-36/h1-34H. The number of furan rings is 1. The lowest BCUT2D eigenvalue weighted by atomic mass is 10.0. The summed E-state index contributed by atoms with van der Waals surface area (Å²) in [5.74, 6) is 0. The van der Waals surface area contributed by atoms with Crippen LogP contribution in [0.2, 0.25) is 0 Å². The predicted molar refractivity (Wildman–Crippen MR) is 239 cm³/mol. The molecule has 3 nitrogen and oxygen atoms in total. The average molecular weight is 727 g/mol. The maximum Gasteiger partial charge on any atom is 0.160 e. The van der Waals surface area contributed by atoms with Crippen LogP contribution in [-0.2, 0) is 0 Å². The second kappa shape index (κ2) is 12.5. The van der Waals surface area contributed by atoms with E-state index in [-0.39, 0.29) is 0 Å². The van der Waals surface area contributed by atoms with Crippen LogP contribution < -0.4 is 0 Å². The van der Waals surface area contributed by atoms with Crippen LogP contribution in [0.15, 0.2) is 211 Å². The lowest BCUT2D eigenvalue weighted by molar-refractivity contribution is 0.671. The van der Waals surface area contributed by atoms with Gasteiger partial charge in [-0.25, -0.2) is 0 Å². The maximum atomic E-state index is 6.72. The molecule has 0 bridgehead atoms. The summed E-state index contributed by atoms with van der Waals surface area (Å²) >= 11 is 0. The number of aromatic nitrogens is 2. The lowest BCUT2D eigenvalue weighted by Gasteiger charge is -2.11. The summed E-state index contributed by atoms with van der Waals surface area (Å²) in [5.41, 5.74) is 15.8. The molecule has 0 amide bonds. The number of fused-ring (bicyclic) bond motifs is 10. The van der Waals surface area contributed by atoms with E-state index in [1.54, 1.807) is 0 Å². The molecule has 0 spiro atoms. The van der Waals surface area contributed by atoms with E-state index in [0.717, 1.165) is 44.3 Å². The van der Waals surface area contributed by atoms with E-state index in [1.165, 1.54) is 66.0 Å². The van der Waals surface area contributed by atoms with Crippen molar-refractivity contribution in [2.75, 3.05) is 0 Å². The zero-order valence-corrected chi connectivity index (χ0v) is 30.9. The van der Waals surface area contributed by atoms with Crippen molar-refractivity contribution in [3.63, 3.8) is 0 Å². The molecule has 12 aromatic rings. The van der Waals surface area contributed by atoms with E-state index in [9.17, 15) is 0 Å². The molecule has 3 heterocycles. The molecule has 0 atom stereocenters. The first-order valence-corrected chi connectivity index (χ1v) is 19.5. The maximum absolute atomic E-state index is 6.72. The summed E-state index contributed by atoms with van der Waals surface area (Å²) in [6, 6.07) is 74.4. The SMILES string of the molecule is c1ccc(-c2ccc(-n3c4ccccc4c4cc(-c5ccc6c(c5)c5ccc7c8ccccc8oc7c5n6-c5cccc(-c6ccccc6)c5)ccc43)cc2)cc1. The third kappa shape index (κ3) is 4.92. The van der Waals surface area contributed by atoms with Crippen LogP contribution in [-0.4, -0.2) is 9.13 Å². The number of hydrogen-bond donors (Lipinski definition) is 0. The van der Waals surface area contributed by atoms with Gasteiger partial charge in [-0.1, -0.05) is 140 Å². The molecule has 0 saturated carbocycles. The van der Waals surface area contributed by atoms with Crippen LogP contribution in [0.25, 0.3) is 110 Å². The minimum Gasteiger partial charge on any atom is -0.454 e. The minimum absolute atomic E-state index is 0.898. The van der Waals surface area contributed by atoms with Gasteiger partial charge in [0.05, 0.1) is 22.1 Å². The minimum atomic E-state index is 0.898. The molecule has 12 rings (SSSR count). The molecule has 3 aromatic heterocycles. The first kappa shape index (κ1) is 31.7. The molecule has 3 heteroatoms. The van der Waals surface area contributed by atoms with Crippen LogP contribution in [0.1, 0.15) is 0 Å². The highest BCUT2D eigenvalue weighted by Crippen LogP contribution is 2.43. The largest absolute Gasteiger partial charge is 0.454 e. The van der Waals surface area contributed by atoms with Crippen LogP contribution in [0, 0.1) is 0 Å². The van der Waals surface area contributed by atoms with E-state index in [2.05, 4.69) is 209 Å². The van der Waals surface area contributed by atoms with E-state index in [1.807, 2.05) is 6.07 Å². The number of rotatable bonds is 5. The Kier molecular flexibility index (Phi) is 6.93. The Morgan fingerprint density at radius 3 is 1.56 bits per heavy atom. The molecule has 0 unspecified atom stereocenters. The predicted octanol–water partition coefficient (Wildman–Crippen LogP) is 14.8. The zero-order chi connectivity index (χ0) is 37.5. The molecule has 0 fully saturated rings. The van der Waals surface area contributed by atoms with Crippen LogP contribution in [0.4, 0.5) is 0 Å². The Morgan fingerprint density at radius 2 is 0.807 bits per heavy atom. The summed E-state index contributed by atoms with van der Waals surface area (Å²) in [5, 5.41) is 7.09. The second-order valence-corrected chi connectivity index (χ2v) is 14.9. The van der Waals surface area contributed by atoms with E-state index >= 15 is 0 Å². The molecule has 0 saturated heterocycles. The lowest BCUT2D eigenvalue weighted by Crippen LogP contribution is -1.95. The Labute approximate surface area is 328 Å². The van der Waals surface area contributed by atoms with Gasteiger partial charge in [-0.15, -0.1) is 0 Å². The smallest absolute Gasteiger partial charge is 0.160 e. The van der Waals surface area contributed by atoms with Crippen molar-refractivity contribution in [1.82, 2.24) is 9.13 Å². The van der Waals surface area contributed by atoms with Crippen molar-refractivity contribution in [2.24, 2.45) is 0 Å². The van der Waals surface area contributed by atoms with Gasteiger partial charge in [-0.3, -0.25) is 0 Å². The first-order valence-electron chi connectivity index (χ1n) is 19.5. The van der Waals surface area contributed by atoms with Gasteiger partial charge >= 0.3 is 0 Å². The van der Waals surface area contributed by atoms with Crippen molar-refractivity contribution < 1.29 is 4.42 Å². The Morgan fingerprint density at radius 1 is 0.281 bits per heavy atom. The fraction of sp³-hybridized carbons (Fsp3) is 0. The van der Waals surface area contributed by atoms with Crippen molar-refractivity contribution in [2.45, 2.75) is 0 Å². The molecule has 0 aliphatic carbocycles. The highest BCUT2D eigenvalue weighted by molar-refractivity contribution is 6.22. The summed E-state index contributed by atoms with van der Waals surface area (Å²) in [6.45, 7) is 0. The van der Waals surface area contributed by atoms with Crippen molar-refractivity contribution in [1.29, 1.82) is 0 Å². The summed E-state index contributed by atoms with van der Waals surface area (Å²) < 4.78 is 11.5. The second-order valence-electron chi connectivity index (χ2n) is 14.9. The van der Waals surface area contributed by atoms with Gasteiger partial charge in [0.25, 0.3) is 0 Å². The van der Waals surface area contributed by atoms with Gasteiger partial charge in [0.15, 0.2) is 5.58 Å². The summed E-state index contributed by atoms with van der Waals surface area (Å²) in [6.07, 6.45) is 0. The van der Waals surface area contributed by atoms with Crippen LogP contribution in [0.5, 0.6) is 0 Å². The van der Waals surface area contributed by atoms with Gasteiger partial charge in [-0.05, 0) is 100 Å².